The molecule has 0 saturated heterocycles. The predicted molar refractivity (Wildman–Crippen MR) is 86.6 cm³/mol. The predicted octanol–water partition coefficient (Wildman–Crippen LogP) is 3.29. The van der Waals surface area contributed by atoms with Crippen molar-refractivity contribution in [3.63, 3.8) is 0 Å². The largest absolute Gasteiger partial charge is 0.469 e. The highest BCUT2D eigenvalue weighted by molar-refractivity contribution is 8.00. The highest BCUT2D eigenvalue weighted by atomic mass is 32.2. The number of furan rings is 1. The molecule has 0 saturated carbocycles. The van der Waals surface area contributed by atoms with Gasteiger partial charge in [0.25, 0.3) is 5.19 Å². The molecule has 116 valence electrons. The first kappa shape index (κ1) is 15.3. The fourth-order valence-electron chi connectivity index (χ4n) is 1.52. The lowest BCUT2D eigenvalue weighted by Crippen LogP contribution is -1.96. The van der Waals surface area contributed by atoms with E-state index in [1.807, 2.05) is 19.1 Å². The Bertz CT molecular complexity index is 697. The number of ether oxygens (including phenoxy) is 1. The first-order valence-corrected chi connectivity index (χ1v) is 9.13. The molecule has 0 amide bonds. The fourth-order valence-corrected chi connectivity index (χ4v) is 4.00. The summed E-state index contributed by atoms with van der Waals surface area (Å²) >= 11 is 4.54. The van der Waals surface area contributed by atoms with Gasteiger partial charge in [-0.05, 0) is 19.1 Å². The molecule has 0 radical (unpaired) electrons. The van der Waals surface area contributed by atoms with Crippen LogP contribution >= 0.6 is 34.4 Å². The topological polar surface area (TPSA) is 86.0 Å². The van der Waals surface area contributed by atoms with Crippen LogP contribution < -0.4 is 10.1 Å². The van der Waals surface area contributed by atoms with Crippen molar-refractivity contribution in [2.75, 3.05) is 11.9 Å². The highest BCUT2D eigenvalue weighted by Gasteiger charge is 2.09. The van der Waals surface area contributed by atoms with E-state index in [9.17, 15) is 0 Å². The van der Waals surface area contributed by atoms with Crippen molar-refractivity contribution < 1.29 is 9.15 Å². The number of hydrogen-bond donors (Lipinski definition) is 1. The van der Waals surface area contributed by atoms with Crippen LogP contribution in [0.2, 0.25) is 0 Å². The van der Waals surface area contributed by atoms with Crippen LogP contribution in [-0.2, 0) is 12.3 Å². The molecule has 7 nitrogen and oxygen atoms in total. The molecular weight excluding hydrogens is 342 g/mol. The molecule has 0 spiro atoms. The van der Waals surface area contributed by atoms with Crippen molar-refractivity contribution >= 4 is 39.6 Å². The third-order valence-corrected chi connectivity index (χ3v) is 5.48. The average Bonchev–Trinajstić information content (AvgIpc) is 3.26. The second-order valence-electron chi connectivity index (χ2n) is 3.99. The maximum absolute atomic E-state index is 5.30. The molecule has 0 aromatic carbocycles. The molecule has 10 heteroatoms. The molecule has 3 heterocycles. The van der Waals surface area contributed by atoms with Gasteiger partial charge in [-0.1, -0.05) is 34.4 Å². The van der Waals surface area contributed by atoms with Gasteiger partial charge in [-0.3, -0.25) is 0 Å². The molecule has 0 atom stereocenters. The van der Waals surface area contributed by atoms with Gasteiger partial charge in [0.2, 0.25) is 5.13 Å². The van der Waals surface area contributed by atoms with E-state index in [0.717, 1.165) is 20.2 Å². The van der Waals surface area contributed by atoms with Crippen LogP contribution in [-0.4, -0.2) is 27.0 Å². The van der Waals surface area contributed by atoms with Gasteiger partial charge in [0, 0.05) is 0 Å². The molecule has 1 N–H and O–H groups in total. The van der Waals surface area contributed by atoms with Gasteiger partial charge >= 0.3 is 0 Å². The van der Waals surface area contributed by atoms with Gasteiger partial charge in [-0.25, -0.2) is 0 Å². The average molecular weight is 355 g/mol. The van der Waals surface area contributed by atoms with Gasteiger partial charge < -0.3 is 14.5 Å². The summed E-state index contributed by atoms with van der Waals surface area (Å²) < 4.78 is 11.4. The zero-order chi connectivity index (χ0) is 15.2. The van der Waals surface area contributed by atoms with Crippen molar-refractivity contribution in [2.45, 2.75) is 23.6 Å². The number of anilines is 1. The Morgan fingerprint density at radius 1 is 1.27 bits per heavy atom. The van der Waals surface area contributed by atoms with Crippen molar-refractivity contribution in [2.24, 2.45) is 0 Å². The smallest absolute Gasteiger partial charge is 0.294 e. The van der Waals surface area contributed by atoms with Crippen molar-refractivity contribution in [3.8, 4) is 5.19 Å². The first-order chi connectivity index (χ1) is 10.8. The molecule has 3 rings (SSSR count). The normalized spacial score (nSPS) is 10.8. The van der Waals surface area contributed by atoms with E-state index in [0.29, 0.717) is 24.1 Å². The highest BCUT2D eigenvalue weighted by Crippen LogP contribution is 2.30. The lowest BCUT2D eigenvalue weighted by Gasteiger charge is -1.96. The SMILES string of the molecule is CCOc1nnc(CSc2nnc(NCc3ccco3)s2)s1. The van der Waals surface area contributed by atoms with Crippen LogP contribution in [0.25, 0.3) is 0 Å². The molecule has 0 fully saturated rings. The third kappa shape index (κ3) is 4.18. The maximum Gasteiger partial charge on any atom is 0.294 e. The van der Waals surface area contributed by atoms with Gasteiger partial charge in [0.05, 0.1) is 25.2 Å². The van der Waals surface area contributed by atoms with Crippen LogP contribution in [0.1, 0.15) is 17.7 Å². The van der Waals surface area contributed by atoms with Crippen molar-refractivity contribution in [1.29, 1.82) is 0 Å². The van der Waals surface area contributed by atoms with Crippen molar-refractivity contribution in [1.82, 2.24) is 20.4 Å². The molecule has 0 aliphatic heterocycles. The monoisotopic (exact) mass is 355 g/mol. The Labute approximate surface area is 139 Å². The summed E-state index contributed by atoms with van der Waals surface area (Å²) in [4.78, 5) is 0. The molecule has 0 aliphatic rings. The molecule has 0 unspecified atom stereocenters. The van der Waals surface area contributed by atoms with E-state index in [2.05, 4.69) is 25.7 Å². The summed E-state index contributed by atoms with van der Waals surface area (Å²) in [6, 6.07) is 3.77. The quantitative estimate of drug-likeness (QED) is 0.616. The van der Waals surface area contributed by atoms with E-state index < -0.39 is 0 Å². The standard InChI is InChI=1S/C12H13N5O2S3/c1-2-18-11-16-14-9(21-11)7-20-12-17-15-10(22-12)13-6-8-4-3-5-19-8/h3-5H,2,6-7H2,1H3,(H,13,15). The Kier molecular flexibility index (Phi) is 5.24. The summed E-state index contributed by atoms with van der Waals surface area (Å²) in [5, 5.41) is 21.7. The number of aromatic nitrogens is 4. The zero-order valence-electron chi connectivity index (χ0n) is 11.7. The number of hydrogen-bond acceptors (Lipinski definition) is 10. The Morgan fingerprint density at radius 2 is 2.23 bits per heavy atom. The summed E-state index contributed by atoms with van der Waals surface area (Å²) in [5.74, 6) is 1.57. The molecular formula is C12H13N5O2S3. The Hall–Kier alpha value is -1.65. The third-order valence-electron chi connectivity index (χ3n) is 2.44. The van der Waals surface area contributed by atoms with Crippen LogP contribution in [0, 0.1) is 0 Å². The summed E-state index contributed by atoms with van der Waals surface area (Å²) in [6.07, 6.45) is 1.65. The lowest BCUT2D eigenvalue weighted by molar-refractivity contribution is 0.335. The van der Waals surface area contributed by atoms with Gasteiger partial charge in [0.1, 0.15) is 10.8 Å². The molecule has 0 aliphatic carbocycles. The van der Waals surface area contributed by atoms with Crippen LogP contribution in [0.5, 0.6) is 5.19 Å². The van der Waals surface area contributed by atoms with E-state index in [1.165, 1.54) is 22.7 Å². The van der Waals surface area contributed by atoms with Crippen LogP contribution in [0.3, 0.4) is 0 Å². The van der Waals surface area contributed by atoms with Crippen molar-refractivity contribution in [3.05, 3.63) is 29.2 Å². The number of nitrogens with one attached hydrogen (secondary N) is 1. The Balaban J connectivity index is 1.48. The van der Waals surface area contributed by atoms with E-state index in [-0.39, 0.29) is 0 Å². The first-order valence-electron chi connectivity index (χ1n) is 6.51. The van der Waals surface area contributed by atoms with E-state index >= 15 is 0 Å². The minimum atomic E-state index is 0.598. The zero-order valence-corrected chi connectivity index (χ0v) is 14.1. The summed E-state index contributed by atoms with van der Waals surface area (Å²) in [7, 11) is 0. The minimum Gasteiger partial charge on any atom is -0.469 e. The van der Waals surface area contributed by atoms with Crippen LogP contribution in [0.4, 0.5) is 5.13 Å². The second-order valence-corrected chi connectivity index (χ2v) is 7.21. The van der Waals surface area contributed by atoms with Crippen LogP contribution in [0.15, 0.2) is 27.2 Å². The van der Waals surface area contributed by atoms with Gasteiger partial charge in [-0.15, -0.1) is 20.4 Å². The number of nitrogens with zero attached hydrogens (tertiary/aromatic N) is 4. The number of thioether (sulfide) groups is 1. The number of rotatable bonds is 8. The van der Waals surface area contributed by atoms with E-state index in [1.54, 1.807) is 18.0 Å². The summed E-state index contributed by atoms with van der Waals surface area (Å²) in [6.45, 7) is 3.12. The maximum atomic E-state index is 5.30. The van der Waals surface area contributed by atoms with Gasteiger partial charge in [0.15, 0.2) is 4.34 Å². The lowest BCUT2D eigenvalue weighted by atomic mass is 10.4. The molecule has 0 bridgehead atoms. The molecule has 22 heavy (non-hydrogen) atoms. The fraction of sp³-hybridized carbons (Fsp3) is 0.333. The summed E-state index contributed by atoms with van der Waals surface area (Å²) in [5.41, 5.74) is 0. The van der Waals surface area contributed by atoms with E-state index in [4.69, 9.17) is 9.15 Å². The minimum absolute atomic E-state index is 0.598. The molecule has 3 aromatic rings. The second kappa shape index (κ2) is 7.56. The Morgan fingerprint density at radius 3 is 3.05 bits per heavy atom. The van der Waals surface area contributed by atoms with Gasteiger partial charge in [-0.2, -0.15) is 0 Å². The molecule has 3 aromatic heterocycles.